The van der Waals surface area contributed by atoms with E-state index in [2.05, 4.69) is 25.6 Å². The highest BCUT2D eigenvalue weighted by Gasteiger charge is 2.35. The second-order valence-electron chi connectivity index (χ2n) is 7.67. The smallest absolute Gasteiger partial charge is 0.418 e. The maximum Gasteiger partial charge on any atom is 0.418 e. The van der Waals surface area contributed by atoms with Gasteiger partial charge in [-0.2, -0.15) is 23.1 Å². The first-order valence-corrected chi connectivity index (χ1v) is 10.4. The van der Waals surface area contributed by atoms with Crippen molar-refractivity contribution < 1.29 is 27.4 Å². The van der Waals surface area contributed by atoms with Crippen LogP contribution in [0.2, 0.25) is 0 Å². The Kier molecular flexibility index (Phi) is 5.23. The normalized spacial score (nSPS) is 15.9. The molecule has 3 aromatic rings. The minimum absolute atomic E-state index is 0.0350. The first kappa shape index (κ1) is 21.3. The zero-order valence-corrected chi connectivity index (χ0v) is 17.7. The Hall–Kier alpha value is -3.54. The Labute approximate surface area is 186 Å². The van der Waals surface area contributed by atoms with Crippen molar-refractivity contribution in [2.24, 2.45) is 0 Å². The van der Waals surface area contributed by atoms with Gasteiger partial charge in [-0.25, -0.2) is 0 Å². The van der Waals surface area contributed by atoms with Crippen LogP contribution in [-0.4, -0.2) is 65.7 Å². The molecule has 0 spiro atoms. The largest absolute Gasteiger partial charge is 0.491 e. The summed E-state index contributed by atoms with van der Waals surface area (Å²) >= 11 is 0. The predicted octanol–water partition coefficient (Wildman–Crippen LogP) is 3.17. The van der Waals surface area contributed by atoms with Crippen LogP contribution >= 0.6 is 0 Å². The van der Waals surface area contributed by atoms with E-state index in [9.17, 15) is 18.0 Å². The predicted molar refractivity (Wildman–Crippen MR) is 114 cm³/mol. The molecule has 1 amide bonds. The molecule has 12 heteroatoms. The molecule has 0 saturated carbocycles. The summed E-state index contributed by atoms with van der Waals surface area (Å²) in [5.74, 6) is 0.569. The van der Waals surface area contributed by atoms with Crippen molar-refractivity contribution in [2.75, 3.05) is 50.6 Å². The van der Waals surface area contributed by atoms with Crippen molar-refractivity contribution in [1.82, 2.24) is 19.9 Å². The van der Waals surface area contributed by atoms with E-state index in [0.29, 0.717) is 56.3 Å². The fraction of sp³-hybridized carbons (Fsp3) is 0.381. The minimum atomic E-state index is -4.54. The van der Waals surface area contributed by atoms with E-state index < -0.39 is 11.7 Å². The Morgan fingerprint density at radius 1 is 1.18 bits per heavy atom. The average molecular weight is 462 g/mol. The Morgan fingerprint density at radius 3 is 2.70 bits per heavy atom. The van der Waals surface area contributed by atoms with Crippen LogP contribution in [0.5, 0.6) is 5.75 Å². The fourth-order valence-corrected chi connectivity index (χ4v) is 4.15. The fourth-order valence-electron chi connectivity index (χ4n) is 4.15. The zero-order chi connectivity index (χ0) is 23.2. The summed E-state index contributed by atoms with van der Waals surface area (Å²) in [5.41, 5.74) is 1.08. The number of alkyl halides is 3. The number of anilines is 3. The van der Waals surface area contributed by atoms with E-state index in [-0.39, 0.29) is 28.7 Å². The van der Waals surface area contributed by atoms with Crippen LogP contribution in [-0.2, 0) is 17.3 Å². The summed E-state index contributed by atoms with van der Waals surface area (Å²) in [4.78, 5) is 25.8. The number of carbonyl (C=O) groups excluding carboxylic acids is 1. The quantitative estimate of drug-likeness (QED) is 0.547. The van der Waals surface area contributed by atoms with Gasteiger partial charge >= 0.3 is 6.18 Å². The SMILES string of the molecule is CNc1nc(Nc2ccc(C(=O)N3CCOCC3)c3c2OCC3)nc2[nH]cc(C(F)(F)F)c12. The van der Waals surface area contributed by atoms with Crippen LogP contribution in [0.3, 0.4) is 0 Å². The first-order chi connectivity index (χ1) is 15.9. The molecule has 4 heterocycles. The molecular weight excluding hydrogens is 441 g/mol. The number of H-pyrrole nitrogens is 1. The monoisotopic (exact) mass is 462 g/mol. The van der Waals surface area contributed by atoms with Crippen LogP contribution in [0, 0.1) is 0 Å². The third-order valence-electron chi connectivity index (χ3n) is 5.71. The van der Waals surface area contributed by atoms with Gasteiger partial charge in [-0.15, -0.1) is 0 Å². The number of nitrogens with one attached hydrogen (secondary N) is 3. The maximum atomic E-state index is 13.3. The molecular formula is C21H21F3N6O3. The Balaban J connectivity index is 1.49. The van der Waals surface area contributed by atoms with E-state index in [0.717, 1.165) is 11.8 Å². The van der Waals surface area contributed by atoms with Crippen molar-refractivity contribution in [3.8, 4) is 5.75 Å². The van der Waals surface area contributed by atoms with Gasteiger partial charge in [-0.05, 0) is 12.1 Å². The second-order valence-corrected chi connectivity index (χ2v) is 7.67. The van der Waals surface area contributed by atoms with Gasteiger partial charge in [0.1, 0.15) is 17.2 Å². The lowest BCUT2D eigenvalue weighted by molar-refractivity contribution is -0.136. The van der Waals surface area contributed by atoms with Gasteiger partial charge < -0.3 is 30.0 Å². The number of fused-ring (bicyclic) bond motifs is 2. The number of amides is 1. The average Bonchev–Trinajstić information content (AvgIpc) is 3.46. The molecule has 1 aromatic carbocycles. The third kappa shape index (κ3) is 3.80. The third-order valence-corrected chi connectivity index (χ3v) is 5.71. The number of morpholine rings is 1. The van der Waals surface area contributed by atoms with Gasteiger partial charge in [0.25, 0.3) is 5.91 Å². The molecule has 1 saturated heterocycles. The summed E-state index contributed by atoms with van der Waals surface area (Å²) < 4.78 is 51.1. The van der Waals surface area contributed by atoms with Crippen molar-refractivity contribution in [3.05, 3.63) is 35.0 Å². The topological polar surface area (TPSA) is 104 Å². The molecule has 0 aliphatic carbocycles. The molecule has 2 aliphatic rings. The second kappa shape index (κ2) is 8.10. The summed E-state index contributed by atoms with van der Waals surface area (Å²) in [6, 6.07) is 3.42. The van der Waals surface area contributed by atoms with E-state index in [1.54, 1.807) is 17.0 Å². The van der Waals surface area contributed by atoms with Gasteiger partial charge in [0.05, 0.1) is 36.5 Å². The van der Waals surface area contributed by atoms with Gasteiger partial charge in [-0.1, -0.05) is 0 Å². The number of hydrogen-bond donors (Lipinski definition) is 3. The highest BCUT2D eigenvalue weighted by atomic mass is 19.4. The van der Waals surface area contributed by atoms with Gasteiger partial charge in [0, 0.05) is 43.9 Å². The Bertz CT molecular complexity index is 1220. The molecule has 2 aliphatic heterocycles. The molecule has 5 rings (SSSR count). The van der Waals surface area contributed by atoms with Gasteiger partial charge in [0.15, 0.2) is 0 Å². The van der Waals surface area contributed by atoms with Crippen molar-refractivity contribution >= 4 is 34.4 Å². The van der Waals surface area contributed by atoms with Crippen molar-refractivity contribution in [1.29, 1.82) is 0 Å². The van der Waals surface area contributed by atoms with Crippen LogP contribution < -0.4 is 15.4 Å². The van der Waals surface area contributed by atoms with Gasteiger partial charge in [0.2, 0.25) is 5.95 Å². The molecule has 1 fully saturated rings. The number of ether oxygens (including phenoxy) is 2. The van der Waals surface area contributed by atoms with Crippen LogP contribution in [0.4, 0.5) is 30.6 Å². The Morgan fingerprint density at radius 2 is 1.97 bits per heavy atom. The van der Waals surface area contributed by atoms with Crippen LogP contribution in [0.25, 0.3) is 11.0 Å². The minimum Gasteiger partial charge on any atom is -0.491 e. The lowest BCUT2D eigenvalue weighted by Crippen LogP contribution is -2.41. The molecule has 0 unspecified atom stereocenters. The number of aromatic nitrogens is 3. The number of nitrogens with zero attached hydrogens (tertiary/aromatic N) is 3. The number of carbonyl (C=O) groups is 1. The summed E-state index contributed by atoms with van der Waals surface area (Å²) in [6.07, 6.45) is -3.10. The molecule has 9 nitrogen and oxygen atoms in total. The molecule has 0 bridgehead atoms. The van der Waals surface area contributed by atoms with E-state index in [4.69, 9.17) is 9.47 Å². The number of aromatic amines is 1. The molecule has 33 heavy (non-hydrogen) atoms. The van der Waals surface area contributed by atoms with Crippen LogP contribution in [0.15, 0.2) is 18.3 Å². The van der Waals surface area contributed by atoms with E-state index in [1.807, 2.05) is 0 Å². The summed E-state index contributed by atoms with van der Waals surface area (Å²) in [7, 11) is 1.49. The lowest BCUT2D eigenvalue weighted by atomic mass is 10.0. The number of rotatable bonds is 4. The van der Waals surface area contributed by atoms with Crippen molar-refractivity contribution in [3.63, 3.8) is 0 Å². The standard InChI is InChI=1S/C21H21F3N6O3/c1-25-17-15-13(21(22,23)24)10-26-18(15)29-20(28-17)27-14-3-2-12(11-4-7-33-16(11)14)19(31)30-5-8-32-9-6-30/h2-3,10H,4-9H2,1H3,(H3,25,26,27,28,29). The number of hydrogen-bond acceptors (Lipinski definition) is 7. The highest BCUT2D eigenvalue weighted by Crippen LogP contribution is 2.40. The van der Waals surface area contributed by atoms with Crippen molar-refractivity contribution in [2.45, 2.75) is 12.6 Å². The van der Waals surface area contributed by atoms with Gasteiger partial charge in [-0.3, -0.25) is 4.79 Å². The number of benzene rings is 1. The number of halogens is 3. The molecule has 2 aromatic heterocycles. The summed E-state index contributed by atoms with van der Waals surface area (Å²) in [5, 5.41) is 5.60. The first-order valence-electron chi connectivity index (χ1n) is 10.4. The lowest BCUT2D eigenvalue weighted by Gasteiger charge is -2.27. The van der Waals surface area contributed by atoms with E-state index in [1.165, 1.54) is 7.05 Å². The maximum absolute atomic E-state index is 13.3. The molecule has 3 N–H and O–H groups in total. The molecule has 0 radical (unpaired) electrons. The van der Waals surface area contributed by atoms with Crippen LogP contribution in [0.1, 0.15) is 21.5 Å². The molecule has 174 valence electrons. The zero-order valence-electron chi connectivity index (χ0n) is 17.7. The highest BCUT2D eigenvalue weighted by molar-refractivity contribution is 5.98. The summed E-state index contributed by atoms with van der Waals surface area (Å²) in [6.45, 7) is 2.50. The molecule has 0 atom stereocenters. The van der Waals surface area contributed by atoms with E-state index >= 15 is 0 Å².